The highest BCUT2D eigenvalue weighted by atomic mass is 16.4. The van der Waals surface area contributed by atoms with Crippen LogP contribution < -0.4 is 0 Å². The van der Waals surface area contributed by atoms with Crippen molar-refractivity contribution >= 4 is 11.8 Å². The van der Waals surface area contributed by atoms with Crippen molar-refractivity contribution in [2.45, 2.75) is 26.7 Å². The summed E-state index contributed by atoms with van der Waals surface area (Å²) in [6.45, 7) is 4.46. The molecule has 3 atom stereocenters. The van der Waals surface area contributed by atoms with E-state index in [4.69, 9.17) is 5.21 Å². The van der Waals surface area contributed by atoms with Gasteiger partial charge in [-0.05, 0) is 48.8 Å². The molecular weight excluding hydrogens is 322 g/mol. The molecule has 1 aromatic heterocycles. The molecule has 3 rings (SSSR count). The van der Waals surface area contributed by atoms with Crippen molar-refractivity contribution < 1.29 is 5.21 Å². The monoisotopic (exact) mass is 345 g/mol. The predicted octanol–water partition coefficient (Wildman–Crippen LogP) is 5.15. The number of rotatable bonds is 3. The summed E-state index contributed by atoms with van der Waals surface area (Å²) >= 11 is 0. The van der Waals surface area contributed by atoms with E-state index in [1.54, 1.807) is 0 Å². The zero-order valence-corrected chi connectivity index (χ0v) is 15.1. The maximum absolute atomic E-state index is 9.24. The summed E-state index contributed by atoms with van der Waals surface area (Å²) in [7, 11) is 0. The van der Waals surface area contributed by atoms with Gasteiger partial charge in [-0.2, -0.15) is 5.26 Å². The number of aromatic nitrogens is 1. The van der Waals surface area contributed by atoms with Crippen molar-refractivity contribution in [2.75, 3.05) is 0 Å². The molecule has 1 aromatic carbocycles. The van der Waals surface area contributed by atoms with Crippen molar-refractivity contribution in [3.05, 3.63) is 59.9 Å². The lowest BCUT2D eigenvalue weighted by Crippen LogP contribution is -2.28. The van der Waals surface area contributed by atoms with Crippen LogP contribution in [0.4, 0.5) is 0 Å². The Morgan fingerprint density at radius 2 is 2.00 bits per heavy atom. The topological polar surface area (TPSA) is 69.3 Å². The van der Waals surface area contributed by atoms with E-state index < -0.39 is 0 Å². The van der Waals surface area contributed by atoms with Gasteiger partial charge in [-0.3, -0.25) is 4.98 Å². The van der Waals surface area contributed by atoms with E-state index in [9.17, 15) is 5.26 Å². The van der Waals surface area contributed by atoms with Crippen LogP contribution in [0.25, 0.3) is 17.2 Å². The summed E-state index contributed by atoms with van der Waals surface area (Å²) in [5.41, 5.74) is 4.25. The summed E-state index contributed by atoms with van der Waals surface area (Å²) in [5, 5.41) is 21.8. The van der Waals surface area contributed by atoms with Gasteiger partial charge in [-0.15, -0.1) is 0 Å². The lowest BCUT2D eigenvalue weighted by Gasteiger charge is -2.32. The number of allylic oxidation sites excluding steroid dienone is 1. The van der Waals surface area contributed by atoms with E-state index in [0.717, 1.165) is 35.4 Å². The number of nitrogens with zero attached hydrogens (tertiary/aromatic N) is 3. The van der Waals surface area contributed by atoms with Crippen molar-refractivity contribution in [1.29, 1.82) is 5.26 Å². The second-order valence-electron chi connectivity index (χ2n) is 7.06. The Labute approximate surface area is 154 Å². The quantitative estimate of drug-likeness (QED) is 0.618. The number of hydrogen-bond acceptors (Lipinski definition) is 4. The molecule has 4 heteroatoms. The molecule has 0 amide bonds. The third kappa shape index (κ3) is 3.83. The fourth-order valence-electron chi connectivity index (χ4n) is 3.56. The van der Waals surface area contributed by atoms with Crippen molar-refractivity contribution in [3.8, 4) is 17.2 Å². The first kappa shape index (κ1) is 17.9. The third-order valence-corrected chi connectivity index (χ3v) is 5.40. The standard InChI is InChI=1S/C22H23N3O/c1-15-11-21(25-26)12-17(16(15)2)7-9-20-10-8-19(14-24-20)22-6-4-3-5-18(22)13-23/h3-10,14-17,26H,11-12H2,1-2H3/b9-7+,25-21?/t15-,16?,17+/m0/s1. The minimum Gasteiger partial charge on any atom is -0.411 e. The van der Waals surface area contributed by atoms with Crippen LogP contribution in [0.2, 0.25) is 0 Å². The summed E-state index contributed by atoms with van der Waals surface area (Å²) in [5.74, 6) is 1.39. The molecule has 26 heavy (non-hydrogen) atoms. The van der Waals surface area contributed by atoms with Gasteiger partial charge in [0.25, 0.3) is 0 Å². The fourth-order valence-corrected chi connectivity index (χ4v) is 3.56. The van der Waals surface area contributed by atoms with Gasteiger partial charge in [0.2, 0.25) is 0 Å². The third-order valence-electron chi connectivity index (χ3n) is 5.40. The smallest absolute Gasteiger partial charge is 0.0998 e. The van der Waals surface area contributed by atoms with Gasteiger partial charge < -0.3 is 5.21 Å². The molecule has 1 saturated carbocycles. The SMILES string of the molecule is CC1[C@H](/C=C/c2ccc(-c3ccccc3C#N)cn2)CC(=NO)C[C@@H]1C. The van der Waals surface area contributed by atoms with Gasteiger partial charge in [0.1, 0.15) is 0 Å². The molecule has 0 aliphatic heterocycles. The van der Waals surface area contributed by atoms with E-state index in [2.05, 4.69) is 36.1 Å². The second-order valence-corrected chi connectivity index (χ2v) is 7.06. The highest BCUT2D eigenvalue weighted by molar-refractivity contribution is 5.85. The van der Waals surface area contributed by atoms with Crippen LogP contribution >= 0.6 is 0 Å². The number of hydrogen-bond donors (Lipinski definition) is 1. The Hall–Kier alpha value is -2.93. The summed E-state index contributed by atoms with van der Waals surface area (Å²) < 4.78 is 0. The summed E-state index contributed by atoms with van der Waals surface area (Å²) in [6.07, 6.45) is 7.69. The molecule has 0 radical (unpaired) electrons. The molecule has 1 unspecified atom stereocenters. The van der Waals surface area contributed by atoms with Gasteiger partial charge in [0, 0.05) is 17.3 Å². The number of pyridine rings is 1. The molecule has 0 bridgehead atoms. The van der Waals surface area contributed by atoms with Crippen molar-refractivity contribution in [1.82, 2.24) is 4.98 Å². The number of benzene rings is 1. The minimum atomic E-state index is 0.352. The Balaban J connectivity index is 1.77. The summed E-state index contributed by atoms with van der Waals surface area (Å²) in [6, 6.07) is 13.7. The van der Waals surface area contributed by atoms with Crippen LogP contribution in [-0.4, -0.2) is 15.9 Å². The predicted molar refractivity (Wildman–Crippen MR) is 104 cm³/mol. The van der Waals surface area contributed by atoms with Crippen LogP contribution in [0.5, 0.6) is 0 Å². The number of nitriles is 1. The Morgan fingerprint density at radius 3 is 2.69 bits per heavy atom. The Kier molecular flexibility index (Phi) is 5.48. The largest absolute Gasteiger partial charge is 0.411 e. The van der Waals surface area contributed by atoms with Crippen LogP contribution in [0.3, 0.4) is 0 Å². The Morgan fingerprint density at radius 1 is 1.19 bits per heavy atom. The van der Waals surface area contributed by atoms with Gasteiger partial charge in [0.05, 0.1) is 23.0 Å². The zero-order chi connectivity index (χ0) is 18.5. The van der Waals surface area contributed by atoms with E-state index in [1.807, 2.05) is 48.7 Å². The zero-order valence-electron chi connectivity index (χ0n) is 15.1. The first-order chi connectivity index (χ1) is 12.6. The highest BCUT2D eigenvalue weighted by Crippen LogP contribution is 2.34. The van der Waals surface area contributed by atoms with E-state index >= 15 is 0 Å². The normalized spacial score (nSPS) is 24.7. The van der Waals surface area contributed by atoms with Gasteiger partial charge in [0.15, 0.2) is 0 Å². The van der Waals surface area contributed by atoms with Crippen molar-refractivity contribution in [2.24, 2.45) is 22.9 Å². The molecule has 1 aliphatic carbocycles. The van der Waals surface area contributed by atoms with Gasteiger partial charge >= 0.3 is 0 Å². The first-order valence-corrected chi connectivity index (χ1v) is 8.96. The van der Waals surface area contributed by atoms with E-state index in [-0.39, 0.29) is 0 Å². The maximum atomic E-state index is 9.24. The van der Waals surface area contributed by atoms with Crippen molar-refractivity contribution in [3.63, 3.8) is 0 Å². The van der Waals surface area contributed by atoms with Crippen LogP contribution in [0, 0.1) is 29.1 Å². The number of oxime groups is 1. The maximum Gasteiger partial charge on any atom is 0.0998 e. The molecule has 4 nitrogen and oxygen atoms in total. The molecule has 1 heterocycles. The Bertz CT molecular complexity index is 862. The summed E-state index contributed by atoms with van der Waals surface area (Å²) in [4.78, 5) is 4.52. The van der Waals surface area contributed by atoms with E-state index in [0.29, 0.717) is 23.3 Å². The molecule has 1 aliphatic rings. The second kappa shape index (κ2) is 7.97. The molecule has 132 valence electrons. The average molecular weight is 345 g/mol. The lowest BCUT2D eigenvalue weighted by molar-refractivity contribution is 0.270. The highest BCUT2D eigenvalue weighted by Gasteiger charge is 2.29. The molecule has 0 spiro atoms. The van der Waals surface area contributed by atoms with E-state index in [1.165, 1.54) is 0 Å². The average Bonchev–Trinajstić information content (AvgIpc) is 2.69. The molecule has 1 N–H and O–H groups in total. The van der Waals surface area contributed by atoms with Crippen LogP contribution in [0.1, 0.15) is 37.9 Å². The first-order valence-electron chi connectivity index (χ1n) is 8.96. The fraction of sp³-hybridized carbons (Fsp3) is 0.318. The minimum absolute atomic E-state index is 0.352. The van der Waals surface area contributed by atoms with Gasteiger partial charge in [-0.1, -0.05) is 49.3 Å². The van der Waals surface area contributed by atoms with Gasteiger partial charge in [-0.25, -0.2) is 0 Å². The van der Waals surface area contributed by atoms with Crippen LogP contribution in [-0.2, 0) is 0 Å². The lowest BCUT2D eigenvalue weighted by atomic mass is 9.73. The molecule has 1 fully saturated rings. The molecular formula is C22H23N3O. The van der Waals surface area contributed by atoms with Crippen LogP contribution in [0.15, 0.2) is 53.8 Å². The molecule has 0 saturated heterocycles. The molecule has 2 aromatic rings.